The molecule has 246 valence electrons. The molecule has 8 rings (SSSR count). The quantitative estimate of drug-likeness (QED) is 0.164. The highest BCUT2D eigenvalue weighted by molar-refractivity contribution is 6.07. The van der Waals surface area contributed by atoms with Crippen LogP contribution in [0.3, 0.4) is 0 Å². The van der Waals surface area contributed by atoms with Crippen LogP contribution in [0.25, 0.3) is 43.8 Å². The van der Waals surface area contributed by atoms with Crippen molar-refractivity contribution in [2.75, 3.05) is 7.11 Å². The van der Waals surface area contributed by atoms with Crippen molar-refractivity contribution in [1.29, 1.82) is 0 Å². The molecule has 8 aromatic carbocycles. The molecule has 0 amide bonds. The number of methoxy groups -OCH3 is 1. The molecular weight excluding hydrogens is 633 g/mol. The van der Waals surface area contributed by atoms with Crippen molar-refractivity contribution in [3.63, 3.8) is 0 Å². The third-order valence-corrected chi connectivity index (χ3v) is 9.16. The van der Waals surface area contributed by atoms with Crippen LogP contribution in [0.1, 0.15) is 27.8 Å². The first-order valence-corrected chi connectivity index (χ1v) is 17.3. The Labute approximate surface area is 304 Å². The molecule has 0 saturated heterocycles. The van der Waals surface area contributed by atoms with E-state index in [2.05, 4.69) is 115 Å². The maximum Gasteiger partial charge on any atom is 0.136 e. The summed E-state index contributed by atoms with van der Waals surface area (Å²) in [7, 11) is 1.73. The van der Waals surface area contributed by atoms with Gasteiger partial charge in [-0.25, -0.2) is 0 Å². The van der Waals surface area contributed by atoms with E-state index in [1.807, 2.05) is 84.9 Å². The predicted molar refractivity (Wildman–Crippen MR) is 214 cm³/mol. The summed E-state index contributed by atoms with van der Waals surface area (Å²) < 4.78 is 12.7. The third kappa shape index (κ3) is 6.75. The maximum absolute atomic E-state index is 6.76. The van der Waals surface area contributed by atoms with E-state index >= 15 is 0 Å². The molecule has 2 heteroatoms. The monoisotopic (exact) mass is 666 g/mol. The lowest BCUT2D eigenvalue weighted by atomic mass is 9.90. The summed E-state index contributed by atoms with van der Waals surface area (Å²) in [4.78, 5) is 0. The van der Waals surface area contributed by atoms with E-state index in [0.717, 1.165) is 83.1 Å². The SMILES string of the molecule is COc1ccc2c(-c3ccccc3)cc(COc3ccc4c(C#Cc5ccccc5)cccc4c3C#Cc3ccccc3)cc2c1-c1ccccc1. The van der Waals surface area contributed by atoms with Gasteiger partial charge in [-0.05, 0) is 99.1 Å². The third-order valence-electron chi connectivity index (χ3n) is 9.16. The first-order valence-electron chi connectivity index (χ1n) is 17.3. The summed E-state index contributed by atoms with van der Waals surface area (Å²) in [6, 6.07) is 60.1. The van der Waals surface area contributed by atoms with Crippen LogP contribution in [0.2, 0.25) is 0 Å². The summed E-state index contributed by atoms with van der Waals surface area (Å²) >= 11 is 0. The smallest absolute Gasteiger partial charge is 0.136 e. The van der Waals surface area contributed by atoms with Crippen molar-refractivity contribution >= 4 is 21.5 Å². The Bertz CT molecular complexity index is 2640. The van der Waals surface area contributed by atoms with Crippen molar-refractivity contribution in [3.05, 3.63) is 204 Å². The van der Waals surface area contributed by atoms with Crippen molar-refractivity contribution in [1.82, 2.24) is 0 Å². The molecule has 2 nitrogen and oxygen atoms in total. The summed E-state index contributed by atoms with van der Waals surface area (Å²) in [6.45, 7) is 0.347. The zero-order valence-corrected chi connectivity index (χ0v) is 28.8. The molecule has 0 aromatic heterocycles. The molecule has 0 bridgehead atoms. The summed E-state index contributed by atoms with van der Waals surface area (Å²) in [5.74, 6) is 15.1. The van der Waals surface area contributed by atoms with Gasteiger partial charge in [0.1, 0.15) is 18.1 Å². The number of ether oxygens (including phenoxy) is 2. The Morgan fingerprint density at radius 2 is 1.04 bits per heavy atom. The van der Waals surface area contributed by atoms with Gasteiger partial charge < -0.3 is 9.47 Å². The Hall–Kier alpha value is -7.00. The standard InChI is InChI=1S/C50H34O2/c1-51-49-32-30-44-46(39-19-10-4-11-20-39)33-38(34-47(44)50(49)41-21-12-5-13-22-41)35-52-48-31-29-42-40(27-25-36-15-6-2-7-16-36)23-14-24-43(42)45(48)28-26-37-17-8-3-9-18-37/h2-24,29-34H,35H2,1H3. The van der Waals surface area contributed by atoms with Gasteiger partial charge in [0.05, 0.1) is 12.7 Å². The Kier molecular flexibility index (Phi) is 9.21. The highest BCUT2D eigenvalue weighted by atomic mass is 16.5. The van der Waals surface area contributed by atoms with Gasteiger partial charge in [-0.2, -0.15) is 0 Å². The molecule has 0 atom stereocenters. The first kappa shape index (κ1) is 32.2. The number of fused-ring (bicyclic) bond motifs is 2. The van der Waals surface area contributed by atoms with E-state index in [9.17, 15) is 0 Å². The fraction of sp³-hybridized carbons (Fsp3) is 0.0400. The van der Waals surface area contributed by atoms with E-state index in [1.54, 1.807) is 7.11 Å². The topological polar surface area (TPSA) is 18.5 Å². The molecule has 52 heavy (non-hydrogen) atoms. The molecule has 0 aliphatic heterocycles. The highest BCUT2D eigenvalue weighted by Gasteiger charge is 2.16. The van der Waals surface area contributed by atoms with Crippen LogP contribution in [0, 0.1) is 23.7 Å². The predicted octanol–water partition coefficient (Wildman–Crippen LogP) is 11.7. The number of benzene rings is 8. The van der Waals surface area contributed by atoms with E-state index in [0.29, 0.717) is 6.61 Å². The molecule has 0 spiro atoms. The molecular formula is C50H34O2. The van der Waals surface area contributed by atoms with Gasteiger partial charge in [0.15, 0.2) is 0 Å². The molecule has 0 radical (unpaired) electrons. The molecule has 0 aliphatic rings. The second-order valence-electron chi connectivity index (χ2n) is 12.5. The fourth-order valence-corrected chi connectivity index (χ4v) is 6.66. The van der Waals surface area contributed by atoms with Crippen molar-refractivity contribution in [2.24, 2.45) is 0 Å². The Morgan fingerprint density at radius 3 is 1.71 bits per heavy atom. The lowest BCUT2D eigenvalue weighted by Gasteiger charge is -2.18. The van der Waals surface area contributed by atoms with E-state index in [-0.39, 0.29) is 0 Å². The van der Waals surface area contributed by atoms with Gasteiger partial charge >= 0.3 is 0 Å². The normalized spacial score (nSPS) is 10.6. The number of rotatable bonds is 6. The van der Waals surface area contributed by atoms with E-state index in [4.69, 9.17) is 9.47 Å². The number of hydrogen-bond acceptors (Lipinski definition) is 2. The number of hydrogen-bond donors (Lipinski definition) is 0. The largest absolute Gasteiger partial charge is 0.496 e. The lowest BCUT2D eigenvalue weighted by Crippen LogP contribution is -2.00. The van der Waals surface area contributed by atoms with Crippen LogP contribution in [0.5, 0.6) is 11.5 Å². The van der Waals surface area contributed by atoms with Crippen molar-refractivity contribution < 1.29 is 9.47 Å². The minimum atomic E-state index is 0.347. The lowest BCUT2D eigenvalue weighted by molar-refractivity contribution is 0.306. The van der Waals surface area contributed by atoms with E-state index in [1.165, 1.54) is 0 Å². The first-order chi connectivity index (χ1) is 25.7. The summed E-state index contributed by atoms with van der Waals surface area (Å²) in [5, 5.41) is 4.29. The Balaban J connectivity index is 1.25. The zero-order chi connectivity index (χ0) is 35.1. The molecule has 0 N–H and O–H groups in total. The Morgan fingerprint density at radius 1 is 0.442 bits per heavy atom. The van der Waals surface area contributed by atoms with Gasteiger partial charge in [-0.1, -0.05) is 139 Å². The average molecular weight is 667 g/mol. The van der Waals surface area contributed by atoms with Crippen molar-refractivity contribution in [3.8, 4) is 57.4 Å². The highest BCUT2D eigenvalue weighted by Crippen LogP contribution is 2.41. The van der Waals surface area contributed by atoms with E-state index < -0.39 is 0 Å². The van der Waals surface area contributed by atoms with Crippen LogP contribution >= 0.6 is 0 Å². The fourth-order valence-electron chi connectivity index (χ4n) is 6.66. The molecule has 0 fully saturated rings. The second-order valence-corrected chi connectivity index (χ2v) is 12.5. The second kappa shape index (κ2) is 14.9. The molecule has 0 saturated carbocycles. The van der Waals surface area contributed by atoms with Gasteiger partial charge in [0.25, 0.3) is 0 Å². The maximum atomic E-state index is 6.76. The van der Waals surface area contributed by atoms with Crippen LogP contribution in [-0.2, 0) is 6.61 Å². The average Bonchev–Trinajstić information content (AvgIpc) is 3.22. The van der Waals surface area contributed by atoms with Gasteiger partial charge in [0, 0.05) is 27.6 Å². The van der Waals surface area contributed by atoms with Crippen LogP contribution in [0.4, 0.5) is 0 Å². The zero-order valence-electron chi connectivity index (χ0n) is 28.8. The minimum absolute atomic E-state index is 0.347. The molecule has 0 unspecified atom stereocenters. The van der Waals surface area contributed by atoms with Crippen LogP contribution in [-0.4, -0.2) is 7.11 Å². The van der Waals surface area contributed by atoms with Crippen LogP contribution in [0.15, 0.2) is 176 Å². The van der Waals surface area contributed by atoms with Gasteiger partial charge in [-0.15, -0.1) is 0 Å². The summed E-state index contributed by atoms with van der Waals surface area (Å²) in [6.07, 6.45) is 0. The molecule has 0 heterocycles. The van der Waals surface area contributed by atoms with Crippen LogP contribution < -0.4 is 9.47 Å². The van der Waals surface area contributed by atoms with Gasteiger partial charge in [0.2, 0.25) is 0 Å². The molecule has 8 aromatic rings. The molecule has 0 aliphatic carbocycles. The minimum Gasteiger partial charge on any atom is -0.496 e. The van der Waals surface area contributed by atoms with Crippen molar-refractivity contribution in [2.45, 2.75) is 6.61 Å². The summed E-state index contributed by atoms with van der Waals surface area (Å²) in [5.41, 5.74) is 9.17. The van der Waals surface area contributed by atoms with Gasteiger partial charge in [-0.3, -0.25) is 0 Å².